The summed E-state index contributed by atoms with van der Waals surface area (Å²) in [6.45, 7) is 9.07. The Kier molecular flexibility index (Phi) is 6.53. The highest BCUT2D eigenvalue weighted by atomic mass is 79.9. The molecule has 0 heterocycles. The fourth-order valence-corrected chi connectivity index (χ4v) is 2.56. The number of nitrogens with one attached hydrogen (secondary N) is 1. The minimum Gasteiger partial charge on any atom is -0.310 e. The van der Waals surface area contributed by atoms with Gasteiger partial charge >= 0.3 is 0 Å². The molecule has 0 aliphatic rings. The van der Waals surface area contributed by atoms with Crippen molar-refractivity contribution in [3.63, 3.8) is 0 Å². The van der Waals surface area contributed by atoms with Crippen LogP contribution in [-0.4, -0.2) is 6.54 Å². The van der Waals surface area contributed by atoms with E-state index in [4.69, 9.17) is 0 Å². The molecule has 0 aromatic heterocycles. The summed E-state index contributed by atoms with van der Waals surface area (Å²) in [4.78, 5) is 0. The molecule has 1 nitrogen and oxygen atoms in total. The second kappa shape index (κ2) is 7.67. The quantitative estimate of drug-likeness (QED) is 0.565. The van der Waals surface area contributed by atoms with E-state index in [2.05, 4.69) is 59.9 Å². The number of unbranched alkanes of at least 4 members (excludes halogenated alkanes) is 1. The zero-order chi connectivity index (χ0) is 12.7. The lowest BCUT2D eigenvalue weighted by atomic mass is 9.99. The van der Waals surface area contributed by atoms with E-state index in [1.54, 1.807) is 0 Å². The molecule has 0 amide bonds. The number of benzene rings is 1. The van der Waals surface area contributed by atoms with Gasteiger partial charge in [0.25, 0.3) is 0 Å². The Labute approximate surface area is 113 Å². The van der Waals surface area contributed by atoms with Crippen molar-refractivity contribution in [3.8, 4) is 0 Å². The smallest absolute Gasteiger partial charge is 0.0331 e. The van der Waals surface area contributed by atoms with Crippen molar-refractivity contribution >= 4 is 15.9 Å². The third-order valence-corrected chi connectivity index (χ3v) is 4.03. The molecule has 0 spiro atoms. The standard InChI is InChI=1S/C15H22BrN/c1-4-6-7-11-14(17-5-2)13-10-8-9-12(3)15(13)16/h4,8-10,14,17H,1,5-7,11H2,2-3H3. The zero-order valence-electron chi connectivity index (χ0n) is 10.8. The van der Waals surface area contributed by atoms with Crippen LogP contribution in [0, 0.1) is 6.92 Å². The van der Waals surface area contributed by atoms with Gasteiger partial charge in [0, 0.05) is 10.5 Å². The maximum Gasteiger partial charge on any atom is 0.0331 e. The molecule has 17 heavy (non-hydrogen) atoms. The predicted molar refractivity (Wildman–Crippen MR) is 79.3 cm³/mol. The van der Waals surface area contributed by atoms with Crippen molar-refractivity contribution in [2.45, 2.75) is 39.2 Å². The van der Waals surface area contributed by atoms with E-state index in [1.165, 1.54) is 22.0 Å². The second-order valence-electron chi connectivity index (χ2n) is 4.31. The summed E-state index contributed by atoms with van der Waals surface area (Å²) in [5.74, 6) is 0. The van der Waals surface area contributed by atoms with Crippen LogP contribution >= 0.6 is 15.9 Å². The topological polar surface area (TPSA) is 12.0 Å². The minimum atomic E-state index is 0.439. The van der Waals surface area contributed by atoms with E-state index >= 15 is 0 Å². The Morgan fingerprint density at radius 3 is 2.88 bits per heavy atom. The van der Waals surface area contributed by atoms with Crippen molar-refractivity contribution in [2.24, 2.45) is 0 Å². The zero-order valence-corrected chi connectivity index (χ0v) is 12.4. The third kappa shape index (κ3) is 4.29. The molecule has 0 aliphatic heterocycles. The summed E-state index contributed by atoms with van der Waals surface area (Å²) in [5, 5.41) is 3.56. The molecule has 1 N–H and O–H groups in total. The van der Waals surface area contributed by atoms with Crippen LogP contribution in [0.3, 0.4) is 0 Å². The number of rotatable bonds is 7. The maximum absolute atomic E-state index is 3.78. The largest absolute Gasteiger partial charge is 0.310 e. The number of aryl methyl sites for hydroxylation is 1. The van der Waals surface area contributed by atoms with Crippen molar-refractivity contribution < 1.29 is 0 Å². The number of halogens is 1. The van der Waals surface area contributed by atoms with E-state index in [-0.39, 0.29) is 0 Å². The molecular weight excluding hydrogens is 274 g/mol. The fourth-order valence-electron chi connectivity index (χ4n) is 2.02. The average Bonchev–Trinajstić information content (AvgIpc) is 2.32. The van der Waals surface area contributed by atoms with E-state index in [9.17, 15) is 0 Å². The Bertz CT molecular complexity index is 360. The first-order chi connectivity index (χ1) is 8.20. The summed E-state index contributed by atoms with van der Waals surface area (Å²) >= 11 is 3.70. The molecule has 0 radical (unpaired) electrons. The first kappa shape index (κ1) is 14.5. The molecule has 0 aliphatic carbocycles. The number of hydrogen-bond donors (Lipinski definition) is 1. The van der Waals surface area contributed by atoms with Crippen molar-refractivity contribution in [1.82, 2.24) is 5.32 Å². The highest BCUT2D eigenvalue weighted by molar-refractivity contribution is 9.10. The number of allylic oxidation sites excluding steroid dienone is 1. The van der Waals surface area contributed by atoms with E-state index in [0.29, 0.717) is 6.04 Å². The van der Waals surface area contributed by atoms with Gasteiger partial charge in [-0.2, -0.15) is 0 Å². The van der Waals surface area contributed by atoms with Crippen LogP contribution in [0.5, 0.6) is 0 Å². The normalized spacial score (nSPS) is 12.4. The molecular formula is C15H22BrN. The first-order valence-electron chi connectivity index (χ1n) is 6.30. The Morgan fingerprint density at radius 2 is 2.24 bits per heavy atom. The molecule has 1 unspecified atom stereocenters. The van der Waals surface area contributed by atoms with Gasteiger partial charge in [-0.1, -0.05) is 47.1 Å². The molecule has 94 valence electrons. The van der Waals surface area contributed by atoms with Crippen LogP contribution in [-0.2, 0) is 0 Å². The lowest BCUT2D eigenvalue weighted by molar-refractivity contribution is 0.498. The van der Waals surface area contributed by atoms with Gasteiger partial charge in [-0.15, -0.1) is 6.58 Å². The van der Waals surface area contributed by atoms with Crippen molar-refractivity contribution in [3.05, 3.63) is 46.5 Å². The predicted octanol–water partition coefficient (Wildman–Crippen LogP) is 4.76. The van der Waals surface area contributed by atoms with Gasteiger partial charge in [-0.3, -0.25) is 0 Å². The maximum atomic E-state index is 3.78. The molecule has 1 aromatic carbocycles. The van der Waals surface area contributed by atoms with E-state index in [1.807, 2.05) is 6.08 Å². The van der Waals surface area contributed by atoms with Gasteiger partial charge in [0.05, 0.1) is 0 Å². The number of hydrogen-bond acceptors (Lipinski definition) is 1. The van der Waals surface area contributed by atoms with Gasteiger partial charge in [0.2, 0.25) is 0 Å². The fraction of sp³-hybridized carbons (Fsp3) is 0.467. The SMILES string of the molecule is C=CCCCC(NCC)c1cccc(C)c1Br. The molecule has 1 atom stereocenters. The third-order valence-electron chi connectivity index (χ3n) is 2.95. The molecule has 0 saturated heterocycles. The summed E-state index contributed by atoms with van der Waals surface area (Å²) in [6.07, 6.45) is 5.42. The van der Waals surface area contributed by atoms with Crippen LogP contribution in [0.4, 0.5) is 0 Å². The highest BCUT2D eigenvalue weighted by Crippen LogP contribution is 2.29. The molecule has 2 heteroatoms. The average molecular weight is 296 g/mol. The van der Waals surface area contributed by atoms with Crippen LogP contribution in [0.15, 0.2) is 35.3 Å². The lowest BCUT2D eigenvalue weighted by Gasteiger charge is -2.20. The van der Waals surface area contributed by atoms with E-state index in [0.717, 1.165) is 19.4 Å². The van der Waals surface area contributed by atoms with Crippen LogP contribution in [0.1, 0.15) is 43.4 Å². The van der Waals surface area contributed by atoms with Crippen molar-refractivity contribution in [1.29, 1.82) is 0 Å². The van der Waals surface area contributed by atoms with Gasteiger partial charge in [0.15, 0.2) is 0 Å². The minimum absolute atomic E-state index is 0.439. The Morgan fingerprint density at radius 1 is 1.47 bits per heavy atom. The first-order valence-corrected chi connectivity index (χ1v) is 7.09. The van der Waals surface area contributed by atoms with Crippen LogP contribution in [0.2, 0.25) is 0 Å². The van der Waals surface area contributed by atoms with Gasteiger partial charge in [0.1, 0.15) is 0 Å². The Hall–Kier alpha value is -0.600. The molecule has 0 saturated carbocycles. The summed E-state index contributed by atoms with van der Waals surface area (Å²) in [7, 11) is 0. The molecule has 0 bridgehead atoms. The van der Waals surface area contributed by atoms with Gasteiger partial charge < -0.3 is 5.32 Å². The molecule has 0 fully saturated rings. The van der Waals surface area contributed by atoms with Gasteiger partial charge in [-0.25, -0.2) is 0 Å². The Balaban J connectivity index is 2.81. The highest BCUT2D eigenvalue weighted by Gasteiger charge is 2.13. The van der Waals surface area contributed by atoms with E-state index < -0.39 is 0 Å². The summed E-state index contributed by atoms with van der Waals surface area (Å²) < 4.78 is 1.24. The lowest BCUT2D eigenvalue weighted by Crippen LogP contribution is -2.21. The van der Waals surface area contributed by atoms with Crippen LogP contribution in [0.25, 0.3) is 0 Å². The second-order valence-corrected chi connectivity index (χ2v) is 5.10. The van der Waals surface area contributed by atoms with Crippen molar-refractivity contribution in [2.75, 3.05) is 6.54 Å². The summed E-state index contributed by atoms with van der Waals surface area (Å²) in [6, 6.07) is 6.92. The summed E-state index contributed by atoms with van der Waals surface area (Å²) in [5.41, 5.74) is 2.67. The molecule has 1 rings (SSSR count). The van der Waals surface area contributed by atoms with Crippen LogP contribution < -0.4 is 5.32 Å². The molecule has 1 aromatic rings. The van der Waals surface area contributed by atoms with Gasteiger partial charge in [-0.05, 0) is 43.9 Å². The monoisotopic (exact) mass is 295 g/mol.